The van der Waals surface area contributed by atoms with Crippen molar-refractivity contribution in [2.75, 3.05) is 0 Å². The minimum absolute atomic E-state index is 0.763. The second-order valence-electron chi connectivity index (χ2n) is 2.46. The fraction of sp³-hybridized carbons (Fsp3) is 0.571. The van der Waals surface area contributed by atoms with Crippen molar-refractivity contribution in [1.82, 2.24) is 15.2 Å². The van der Waals surface area contributed by atoms with Gasteiger partial charge in [0, 0.05) is 0 Å². The van der Waals surface area contributed by atoms with Crippen LogP contribution in [0.4, 0.5) is 0 Å². The normalized spacial score (nSPS) is 10.0. The number of nitrogens with zero attached hydrogens (tertiary/aromatic N) is 3. The maximum absolute atomic E-state index is 4.29. The number of rotatable bonds is 2. The number of hydrogen-bond acceptors (Lipinski definition) is 3. The molecule has 0 aliphatic heterocycles. The van der Waals surface area contributed by atoms with Crippen molar-refractivity contribution < 1.29 is 0 Å². The van der Waals surface area contributed by atoms with Crippen LogP contribution in [0.25, 0.3) is 0 Å². The standard InChI is InChI=1S/C7H12BN3/c1-3-6-7(4-8)9-5(2)10-11-6/h3-4,8H2,1-2H3. The molecule has 0 unspecified atom stereocenters. The maximum Gasteiger partial charge on any atom is 0.148 e. The summed E-state index contributed by atoms with van der Waals surface area (Å²) < 4.78 is 0. The summed E-state index contributed by atoms with van der Waals surface area (Å²) in [5.74, 6) is 0.763. The Morgan fingerprint density at radius 3 is 2.55 bits per heavy atom. The molecule has 4 heteroatoms. The first kappa shape index (κ1) is 8.17. The van der Waals surface area contributed by atoms with Crippen molar-refractivity contribution in [2.45, 2.75) is 26.6 Å². The molecule has 0 spiro atoms. The summed E-state index contributed by atoms with van der Waals surface area (Å²) in [5.41, 5.74) is 2.11. The fourth-order valence-electron chi connectivity index (χ4n) is 1.03. The molecule has 11 heavy (non-hydrogen) atoms. The minimum Gasteiger partial charge on any atom is -0.235 e. The molecule has 0 atom stereocenters. The van der Waals surface area contributed by atoms with E-state index >= 15 is 0 Å². The van der Waals surface area contributed by atoms with E-state index in [1.807, 2.05) is 6.92 Å². The molecule has 0 aliphatic rings. The predicted molar refractivity (Wildman–Crippen MR) is 46.2 cm³/mol. The molecule has 0 amide bonds. The molecule has 0 aromatic carbocycles. The second-order valence-corrected chi connectivity index (χ2v) is 2.46. The summed E-state index contributed by atoms with van der Waals surface area (Å²) in [6.45, 7) is 3.94. The van der Waals surface area contributed by atoms with E-state index in [9.17, 15) is 0 Å². The highest BCUT2D eigenvalue weighted by Gasteiger charge is 2.01. The Bertz CT molecular complexity index is 249. The molecule has 1 aromatic heterocycles. The lowest BCUT2D eigenvalue weighted by Crippen LogP contribution is -2.04. The zero-order valence-corrected chi connectivity index (χ0v) is 7.26. The molecule has 0 fully saturated rings. The average molecular weight is 149 g/mol. The summed E-state index contributed by atoms with van der Waals surface area (Å²) in [6.07, 6.45) is 1.86. The number of aromatic nitrogens is 3. The van der Waals surface area contributed by atoms with Gasteiger partial charge in [-0.25, -0.2) is 4.98 Å². The Kier molecular flexibility index (Phi) is 2.57. The molecule has 1 aromatic rings. The smallest absolute Gasteiger partial charge is 0.148 e. The van der Waals surface area contributed by atoms with Crippen LogP contribution in [0.2, 0.25) is 0 Å². The molecule has 1 heterocycles. The Morgan fingerprint density at radius 1 is 1.27 bits per heavy atom. The largest absolute Gasteiger partial charge is 0.235 e. The topological polar surface area (TPSA) is 38.7 Å². The molecule has 0 aliphatic carbocycles. The Labute approximate surface area is 67.7 Å². The highest BCUT2D eigenvalue weighted by Crippen LogP contribution is 2.01. The van der Waals surface area contributed by atoms with E-state index in [1.54, 1.807) is 0 Å². The predicted octanol–water partition coefficient (Wildman–Crippen LogP) is -0.124. The molecule has 58 valence electrons. The molecule has 0 saturated heterocycles. The third kappa shape index (κ3) is 1.76. The van der Waals surface area contributed by atoms with Crippen molar-refractivity contribution in [2.24, 2.45) is 0 Å². The van der Waals surface area contributed by atoms with Gasteiger partial charge >= 0.3 is 0 Å². The number of hydrogen-bond donors (Lipinski definition) is 0. The van der Waals surface area contributed by atoms with Gasteiger partial charge in [0.2, 0.25) is 0 Å². The SMILES string of the molecule is BCc1nc(C)nnc1CC. The lowest BCUT2D eigenvalue weighted by atomic mass is 9.99. The summed E-state index contributed by atoms with van der Waals surface area (Å²) >= 11 is 0. The second kappa shape index (κ2) is 3.46. The molecule has 0 saturated carbocycles. The van der Waals surface area contributed by atoms with Gasteiger partial charge in [0.05, 0.1) is 11.4 Å². The van der Waals surface area contributed by atoms with Gasteiger partial charge in [0.25, 0.3) is 0 Å². The van der Waals surface area contributed by atoms with Gasteiger partial charge in [-0.3, -0.25) is 0 Å². The third-order valence-corrected chi connectivity index (χ3v) is 1.62. The van der Waals surface area contributed by atoms with Crippen molar-refractivity contribution >= 4 is 7.85 Å². The average Bonchev–Trinajstić information content (AvgIpc) is 2.04. The molecule has 0 radical (unpaired) electrons. The van der Waals surface area contributed by atoms with Crippen molar-refractivity contribution in [3.8, 4) is 0 Å². The van der Waals surface area contributed by atoms with Crippen molar-refractivity contribution in [3.63, 3.8) is 0 Å². The molecular weight excluding hydrogens is 137 g/mol. The first-order valence-electron chi connectivity index (χ1n) is 3.97. The van der Waals surface area contributed by atoms with Gasteiger partial charge in [-0.05, 0) is 19.7 Å². The van der Waals surface area contributed by atoms with E-state index in [2.05, 4.69) is 30.0 Å². The van der Waals surface area contributed by atoms with Gasteiger partial charge in [-0.15, -0.1) is 5.10 Å². The van der Waals surface area contributed by atoms with Crippen LogP contribution < -0.4 is 0 Å². The van der Waals surface area contributed by atoms with Crippen molar-refractivity contribution in [1.29, 1.82) is 0 Å². The monoisotopic (exact) mass is 149 g/mol. The van der Waals surface area contributed by atoms with Gasteiger partial charge in [-0.1, -0.05) is 6.92 Å². The molecule has 1 rings (SSSR count). The molecule has 0 bridgehead atoms. The van der Waals surface area contributed by atoms with Gasteiger partial charge in [0.15, 0.2) is 0 Å². The third-order valence-electron chi connectivity index (χ3n) is 1.62. The summed E-state index contributed by atoms with van der Waals surface area (Å²) in [6, 6.07) is 0. The van der Waals surface area contributed by atoms with Crippen molar-refractivity contribution in [3.05, 3.63) is 17.2 Å². The zero-order chi connectivity index (χ0) is 8.27. The zero-order valence-electron chi connectivity index (χ0n) is 7.26. The van der Waals surface area contributed by atoms with E-state index in [4.69, 9.17) is 0 Å². The van der Waals surface area contributed by atoms with E-state index in [1.165, 1.54) is 0 Å². The van der Waals surface area contributed by atoms with Gasteiger partial charge < -0.3 is 0 Å². The summed E-state index contributed by atoms with van der Waals surface area (Å²) in [7, 11) is 2.09. The van der Waals surface area contributed by atoms with Crippen LogP contribution in [0.1, 0.15) is 24.1 Å². The van der Waals surface area contributed by atoms with Crippen LogP contribution >= 0.6 is 0 Å². The lowest BCUT2D eigenvalue weighted by molar-refractivity contribution is 0.810. The van der Waals surface area contributed by atoms with Crippen LogP contribution in [-0.4, -0.2) is 23.0 Å². The van der Waals surface area contributed by atoms with Crippen LogP contribution in [-0.2, 0) is 12.7 Å². The van der Waals surface area contributed by atoms with E-state index in [0.29, 0.717) is 0 Å². The lowest BCUT2D eigenvalue weighted by Gasteiger charge is -2.01. The Morgan fingerprint density at radius 2 is 2.00 bits per heavy atom. The van der Waals surface area contributed by atoms with Crippen LogP contribution in [0.5, 0.6) is 0 Å². The minimum atomic E-state index is 0.763. The van der Waals surface area contributed by atoms with Gasteiger partial charge in [-0.2, -0.15) is 5.10 Å². The van der Waals surface area contributed by atoms with Crippen LogP contribution in [0.3, 0.4) is 0 Å². The molecular formula is C7H12BN3. The van der Waals surface area contributed by atoms with Gasteiger partial charge in [0.1, 0.15) is 13.7 Å². The Balaban J connectivity index is 3.06. The maximum atomic E-state index is 4.29. The fourth-order valence-corrected chi connectivity index (χ4v) is 1.03. The first-order valence-corrected chi connectivity index (χ1v) is 3.97. The molecule has 0 N–H and O–H groups in total. The van der Waals surface area contributed by atoms with Crippen LogP contribution in [0, 0.1) is 6.92 Å². The Hall–Kier alpha value is -0.925. The summed E-state index contributed by atoms with van der Waals surface area (Å²) in [5, 5.41) is 7.95. The van der Waals surface area contributed by atoms with E-state index < -0.39 is 0 Å². The first-order chi connectivity index (χ1) is 5.27. The molecule has 3 nitrogen and oxygen atoms in total. The highest BCUT2D eigenvalue weighted by atomic mass is 15.2. The van der Waals surface area contributed by atoms with E-state index in [-0.39, 0.29) is 0 Å². The van der Waals surface area contributed by atoms with Crippen LogP contribution in [0.15, 0.2) is 0 Å². The quantitative estimate of drug-likeness (QED) is 0.550. The van der Waals surface area contributed by atoms with E-state index in [0.717, 1.165) is 30.0 Å². The number of aryl methyl sites for hydroxylation is 2. The highest BCUT2D eigenvalue weighted by molar-refractivity contribution is 6.08. The summed E-state index contributed by atoms with van der Waals surface area (Å²) in [4.78, 5) is 4.29.